The van der Waals surface area contributed by atoms with Crippen molar-refractivity contribution in [1.29, 1.82) is 0 Å². The van der Waals surface area contributed by atoms with E-state index < -0.39 is 6.29 Å². The summed E-state index contributed by atoms with van der Waals surface area (Å²) in [6.45, 7) is 7.19. The number of piperidine rings is 1. The van der Waals surface area contributed by atoms with Gasteiger partial charge in [0.2, 0.25) is 5.91 Å². The molecule has 2 aliphatic heterocycles. The summed E-state index contributed by atoms with van der Waals surface area (Å²) in [6.07, 6.45) is 6.34. The Balaban J connectivity index is 1.20. The molecular weight excluding hydrogens is 616 g/mol. The molecule has 3 aliphatic rings. The fourth-order valence-electron chi connectivity index (χ4n) is 7.67. The van der Waals surface area contributed by atoms with Crippen molar-refractivity contribution in [2.75, 3.05) is 11.9 Å². The Bertz CT molecular complexity index is 1520. The molecule has 9 heteroatoms. The number of hydrogen-bond donors (Lipinski definition) is 4. The van der Waals surface area contributed by atoms with E-state index in [0.29, 0.717) is 37.2 Å². The van der Waals surface area contributed by atoms with Gasteiger partial charge in [0, 0.05) is 42.3 Å². The summed E-state index contributed by atoms with van der Waals surface area (Å²) in [5.41, 5.74) is 4.13. The molecule has 0 radical (unpaired) electrons. The molecule has 0 spiro atoms. The highest BCUT2D eigenvalue weighted by molar-refractivity contribution is 5.89. The van der Waals surface area contributed by atoms with Gasteiger partial charge >= 0.3 is 6.03 Å². The minimum atomic E-state index is -0.629. The lowest BCUT2D eigenvalue weighted by Gasteiger charge is -2.50. The lowest BCUT2D eigenvalue weighted by molar-refractivity contribution is -0.255. The summed E-state index contributed by atoms with van der Waals surface area (Å²) in [5, 5.41) is 18.7. The molecule has 0 unspecified atom stereocenters. The summed E-state index contributed by atoms with van der Waals surface area (Å²) in [6, 6.07) is 25.2. The van der Waals surface area contributed by atoms with Crippen LogP contribution in [0.25, 0.3) is 0 Å². The number of hydrogen-bond acceptors (Lipinski definition) is 6. The maximum atomic E-state index is 13.7. The molecule has 6 atom stereocenters. The van der Waals surface area contributed by atoms with Gasteiger partial charge in [0.25, 0.3) is 0 Å². The average Bonchev–Trinajstić information content (AvgIpc) is 3.11. The van der Waals surface area contributed by atoms with Gasteiger partial charge in [-0.3, -0.25) is 9.69 Å². The molecule has 3 amide bonds. The van der Waals surface area contributed by atoms with Crippen molar-refractivity contribution >= 4 is 17.6 Å². The molecule has 2 saturated heterocycles. The SMILES string of the molecule is CC(C)(C)NC(=O)[C@H]1CC[C@H]2CCCC[C@H]2N1C[C@H]1C[C@@H](c2ccc(CO)cc2)O[C@@H](c2ccc(NC(=O)NCc3ccccc3)cc2)O1. The number of aliphatic hydroxyl groups is 1. The number of rotatable bonds is 9. The Kier molecular flexibility index (Phi) is 11.3. The van der Waals surface area contributed by atoms with E-state index >= 15 is 0 Å². The summed E-state index contributed by atoms with van der Waals surface area (Å²) in [7, 11) is 0. The van der Waals surface area contributed by atoms with E-state index in [4.69, 9.17) is 9.47 Å². The minimum absolute atomic E-state index is 0.0135. The van der Waals surface area contributed by atoms with E-state index in [2.05, 4.69) is 20.9 Å². The van der Waals surface area contributed by atoms with Crippen molar-refractivity contribution in [3.63, 3.8) is 0 Å². The third-order valence-electron chi connectivity index (χ3n) is 10.1. The Hall–Kier alpha value is -3.76. The molecule has 6 rings (SSSR count). The number of anilines is 1. The first-order chi connectivity index (χ1) is 23.6. The summed E-state index contributed by atoms with van der Waals surface area (Å²) >= 11 is 0. The van der Waals surface area contributed by atoms with Gasteiger partial charge in [0.1, 0.15) is 0 Å². The lowest BCUT2D eigenvalue weighted by atomic mass is 9.75. The summed E-state index contributed by atoms with van der Waals surface area (Å²) in [4.78, 5) is 28.8. The molecular formula is C40H52N4O5. The highest BCUT2D eigenvalue weighted by atomic mass is 16.7. The van der Waals surface area contributed by atoms with Gasteiger partial charge in [-0.05, 0) is 81.2 Å². The number of ether oxygens (including phenoxy) is 2. The topological polar surface area (TPSA) is 112 Å². The predicted octanol–water partition coefficient (Wildman–Crippen LogP) is 6.98. The molecule has 3 aromatic carbocycles. The van der Waals surface area contributed by atoms with Gasteiger partial charge in [0.05, 0.1) is 24.9 Å². The average molecular weight is 669 g/mol. The van der Waals surface area contributed by atoms with Crippen molar-refractivity contribution < 1.29 is 24.2 Å². The Morgan fingerprint density at radius 3 is 2.27 bits per heavy atom. The number of nitrogens with one attached hydrogen (secondary N) is 3. The van der Waals surface area contributed by atoms with Gasteiger partial charge in [-0.2, -0.15) is 0 Å². The molecule has 2 heterocycles. The number of amides is 3. The molecule has 3 aromatic rings. The van der Waals surface area contributed by atoms with Gasteiger partial charge in [-0.1, -0.05) is 79.6 Å². The number of carbonyl (C=O) groups excluding carboxylic acids is 2. The van der Waals surface area contributed by atoms with Gasteiger partial charge in [-0.15, -0.1) is 0 Å². The first kappa shape index (κ1) is 35.1. The van der Waals surface area contributed by atoms with Crippen LogP contribution in [0, 0.1) is 5.92 Å². The summed E-state index contributed by atoms with van der Waals surface area (Å²) < 4.78 is 13.4. The predicted molar refractivity (Wildman–Crippen MR) is 191 cm³/mol. The monoisotopic (exact) mass is 668 g/mol. The number of nitrogens with zero attached hydrogens (tertiary/aromatic N) is 1. The zero-order valence-electron chi connectivity index (χ0n) is 29.1. The largest absolute Gasteiger partial charge is 0.392 e. The first-order valence-electron chi connectivity index (χ1n) is 17.9. The van der Waals surface area contributed by atoms with E-state index in [0.717, 1.165) is 41.5 Å². The van der Waals surface area contributed by atoms with Crippen molar-refractivity contribution in [2.24, 2.45) is 5.92 Å². The number of fused-ring (bicyclic) bond motifs is 1. The van der Waals surface area contributed by atoms with Crippen molar-refractivity contribution in [1.82, 2.24) is 15.5 Å². The molecule has 4 N–H and O–H groups in total. The molecule has 1 saturated carbocycles. The van der Waals surface area contributed by atoms with Crippen LogP contribution in [0.5, 0.6) is 0 Å². The third kappa shape index (κ3) is 9.28. The van der Waals surface area contributed by atoms with Crippen LogP contribution < -0.4 is 16.0 Å². The van der Waals surface area contributed by atoms with Gasteiger partial charge in [-0.25, -0.2) is 4.79 Å². The van der Waals surface area contributed by atoms with Crippen molar-refractivity contribution in [3.8, 4) is 0 Å². The van der Waals surface area contributed by atoms with Crippen LogP contribution in [0.15, 0.2) is 78.9 Å². The smallest absolute Gasteiger partial charge is 0.319 e. The van der Waals surface area contributed by atoms with Gasteiger partial charge < -0.3 is 30.5 Å². The number of urea groups is 1. The molecule has 262 valence electrons. The molecule has 3 fully saturated rings. The molecule has 0 aromatic heterocycles. The second-order valence-electron chi connectivity index (χ2n) is 14.9. The molecule has 49 heavy (non-hydrogen) atoms. The summed E-state index contributed by atoms with van der Waals surface area (Å²) in [5.74, 6) is 0.710. The van der Waals surface area contributed by atoms with E-state index in [-0.39, 0.29) is 42.3 Å². The molecule has 0 bridgehead atoms. The van der Waals surface area contributed by atoms with Crippen LogP contribution in [-0.4, -0.2) is 52.2 Å². The van der Waals surface area contributed by atoms with Crippen LogP contribution in [0.4, 0.5) is 10.5 Å². The van der Waals surface area contributed by atoms with Crippen LogP contribution in [-0.2, 0) is 27.4 Å². The highest BCUT2D eigenvalue weighted by Gasteiger charge is 2.44. The number of likely N-dealkylation sites (tertiary alicyclic amines) is 1. The molecule has 9 nitrogen and oxygen atoms in total. The van der Waals surface area contributed by atoms with E-state index in [1.807, 2.05) is 99.6 Å². The zero-order chi connectivity index (χ0) is 34.4. The minimum Gasteiger partial charge on any atom is -0.392 e. The second kappa shape index (κ2) is 15.9. The first-order valence-corrected chi connectivity index (χ1v) is 17.9. The molecule has 1 aliphatic carbocycles. The van der Waals surface area contributed by atoms with Crippen molar-refractivity contribution in [3.05, 3.63) is 101 Å². The Morgan fingerprint density at radius 2 is 1.55 bits per heavy atom. The number of carbonyl (C=O) groups is 2. The van der Waals surface area contributed by atoms with Crippen molar-refractivity contribution in [2.45, 2.75) is 115 Å². The van der Waals surface area contributed by atoms with Crippen LogP contribution >= 0.6 is 0 Å². The number of aliphatic hydroxyl groups excluding tert-OH is 1. The third-order valence-corrected chi connectivity index (χ3v) is 10.1. The van der Waals surface area contributed by atoms with Gasteiger partial charge in [0.15, 0.2) is 6.29 Å². The number of benzene rings is 3. The van der Waals surface area contributed by atoms with Crippen LogP contribution in [0.2, 0.25) is 0 Å². The fraction of sp³-hybridized carbons (Fsp3) is 0.500. The van der Waals surface area contributed by atoms with Crippen LogP contribution in [0.1, 0.15) is 100 Å². The maximum Gasteiger partial charge on any atom is 0.319 e. The second-order valence-corrected chi connectivity index (χ2v) is 14.9. The Labute approximate surface area is 290 Å². The quantitative estimate of drug-likeness (QED) is 0.196. The van der Waals surface area contributed by atoms with E-state index in [1.54, 1.807) is 0 Å². The van der Waals surface area contributed by atoms with E-state index in [1.165, 1.54) is 19.3 Å². The van der Waals surface area contributed by atoms with E-state index in [9.17, 15) is 14.7 Å². The zero-order valence-corrected chi connectivity index (χ0v) is 29.1. The maximum absolute atomic E-state index is 13.7. The lowest BCUT2D eigenvalue weighted by Crippen LogP contribution is -2.61. The fourth-order valence-corrected chi connectivity index (χ4v) is 7.67. The Morgan fingerprint density at radius 1 is 0.837 bits per heavy atom. The normalized spacial score (nSPS) is 26.0. The standard InChI is InChI=1S/C40H52N4O5/c1-40(2,3)43-37(46)35-22-19-29-11-7-8-12-34(29)44(35)25-33-23-36(30-15-13-28(26-45)14-16-30)49-38(48-33)31-17-20-32(21-18-31)42-39(47)41-24-27-9-5-4-6-10-27/h4-6,9-10,13-18,20-21,29,33-36,38,45H,7-8,11-12,19,22-26H2,1-3H3,(H,43,46)(H2,41,42,47)/t29-,33-,34-,35-,36+,38+/m1/s1. The highest BCUT2D eigenvalue weighted by Crippen LogP contribution is 2.42. The van der Waals surface area contributed by atoms with Crippen LogP contribution in [0.3, 0.4) is 0 Å².